The summed E-state index contributed by atoms with van der Waals surface area (Å²) in [4.78, 5) is 11.3. The lowest BCUT2D eigenvalue weighted by Gasteiger charge is -2.31. The number of aromatic nitrogens is 1. The number of oxazole rings is 1. The highest BCUT2D eigenvalue weighted by molar-refractivity contribution is 14.0. The van der Waals surface area contributed by atoms with Gasteiger partial charge in [0.2, 0.25) is 5.89 Å². The first kappa shape index (κ1) is 24.7. The van der Waals surface area contributed by atoms with Gasteiger partial charge in [-0.25, -0.2) is 4.98 Å². The number of nitrogens with zero attached hydrogens (tertiary/aromatic N) is 3. The fourth-order valence-corrected chi connectivity index (χ4v) is 3.83. The molecule has 2 aromatic rings. The number of likely N-dealkylation sites (tertiary alicyclic amines) is 1. The lowest BCUT2D eigenvalue weighted by Crippen LogP contribution is -2.42. The zero-order valence-corrected chi connectivity index (χ0v) is 21.2. The molecule has 0 atom stereocenters. The molecule has 1 aliphatic rings. The molecule has 1 aromatic heterocycles. The molecule has 2 heterocycles. The van der Waals surface area contributed by atoms with Crippen molar-refractivity contribution in [1.29, 1.82) is 0 Å². The van der Waals surface area contributed by atoms with E-state index in [1.165, 1.54) is 29.5 Å². The Morgan fingerprint density at radius 2 is 1.90 bits per heavy atom. The summed E-state index contributed by atoms with van der Waals surface area (Å²) in [6, 6.07) is 6.58. The van der Waals surface area contributed by atoms with Gasteiger partial charge in [0, 0.05) is 20.1 Å². The summed E-state index contributed by atoms with van der Waals surface area (Å²) in [6.45, 7) is 13.0. The number of rotatable bonds is 6. The highest BCUT2D eigenvalue weighted by Crippen LogP contribution is 2.19. The summed E-state index contributed by atoms with van der Waals surface area (Å²) in [6.07, 6.45) is 2.36. The van der Waals surface area contributed by atoms with E-state index in [4.69, 9.17) is 4.42 Å². The molecule has 0 unspecified atom stereocenters. The van der Waals surface area contributed by atoms with Gasteiger partial charge in [0.25, 0.3) is 0 Å². The lowest BCUT2D eigenvalue weighted by molar-refractivity contribution is 0.164. The third-order valence-electron chi connectivity index (χ3n) is 5.87. The standard InChI is InChI=1S/C23H35N5O.HI/c1-16-6-7-21(17(2)12-16)14-26-23(24-5)25-13-20-8-10-28(11-9-20)15-22-27-18(3)19(4)29-22;/h6-7,12,20H,8-11,13-15H2,1-5H3,(H2,24,25,26);1H. The Balaban J connectivity index is 0.00000320. The first-order chi connectivity index (χ1) is 13.9. The Hall–Kier alpha value is -1.61. The van der Waals surface area contributed by atoms with Gasteiger partial charge in [0.1, 0.15) is 5.76 Å². The van der Waals surface area contributed by atoms with Crippen LogP contribution >= 0.6 is 24.0 Å². The molecule has 0 radical (unpaired) electrons. The summed E-state index contributed by atoms with van der Waals surface area (Å²) < 4.78 is 5.73. The van der Waals surface area contributed by atoms with Crippen LogP contribution in [0.4, 0.5) is 0 Å². The summed E-state index contributed by atoms with van der Waals surface area (Å²) in [5, 5.41) is 6.95. The minimum atomic E-state index is 0. The maximum atomic E-state index is 5.73. The number of benzene rings is 1. The van der Waals surface area contributed by atoms with E-state index in [1.54, 1.807) is 0 Å². The van der Waals surface area contributed by atoms with Gasteiger partial charge in [-0.1, -0.05) is 23.8 Å². The predicted molar refractivity (Wildman–Crippen MR) is 134 cm³/mol. The van der Waals surface area contributed by atoms with Gasteiger partial charge in [-0.05, 0) is 70.7 Å². The number of halogens is 1. The maximum Gasteiger partial charge on any atom is 0.208 e. The Kier molecular flexibility index (Phi) is 9.61. The van der Waals surface area contributed by atoms with Crippen LogP contribution in [0.1, 0.15) is 46.9 Å². The van der Waals surface area contributed by atoms with Crippen molar-refractivity contribution in [3.63, 3.8) is 0 Å². The molecule has 1 aromatic carbocycles. The quantitative estimate of drug-likeness (QED) is 0.338. The first-order valence-electron chi connectivity index (χ1n) is 10.6. The summed E-state index contributed by atoms with van der Waals surface area (Å²) in [5.41, 5.74) is 4.92. The molecule has 30 heavy (non-hydrogen) atoms. The molecule has 166 valence electrons. The molecule has 0 amide bonds. The van der Waals surface area contributed by atoms with Gasteiger partial charge in [-0.15, -0.1) is 24.0 Å². The van der Waals surface area contributed by atoms with Crippen LogP contribution in [0.15, 0.2) is 27.6 Å². The van der Waals surface area contributed by atoms with Crippen molar-refractivity contribution < 1.29 is 4.42 Å². The molecular formula is C23H36IN5O. The van der Waals surface area contributed by atoms with Crippen molar-refractivity contribution in [3.05, 3.63) is 52.2 Å². The van der Waals surface area contributed by atoms with E-state index < -0.39 is 0 Å². The van der Waals surface area contributed by atoms with Crippen molar-refractivity contribution in [2.45, 2.75) is 53.6 Å². The van der Waals surface area contributed by atoms with E-state index in [0.29, 0.717) is 5.92 Å². The normalized spacial score (nSPS) is 15.7. The van der Waals surface area contributed by atoms with Crippen LogP contribution in [-0.4, -0.2) is 42.5 Å². The number of hydrogen-bond acceptors (Lipinski definition) is 4. The van der Waals surface area contributed by atoms with Gasteiger partial charge in [-0.3, -0.25) is 9.89 Å². The SMILES string of the molecule is CN=C(NCc1ccc(C)cc1C)NCC1CCN(Cc2nc(C)c(C)o2)CC1.I. The number of nitrogens with one attached hydrogen (secondary N) is 2. The molecule has 7 heteroatoms. The third-order valence-corrected chi connectivity index (χ3v) is 5.87. The summed E-state index contributed by atoms with van der Waals surface area (Å²) in [7, 11) is 1.83. The zero-order valence-electron chi connectivity index (χ0n) is 18.9. The van der Waals surface area contributed by atoms with E-state index >= 15 is 0 Å². The second-order valence-electron chi connectivity index (χ2n) is 8.21. The molecule has 1 saturated heterocycles. The van der Waals surface area contributed by atoms with Gasteiger partial charge in [-0.2, -0.15) is 0 Å². The molecule has 0 aliphatic carbocycles. The van der Waals surface area contributed by atoms with Crippen molar-refractivity contribution in [3.8, 4) is 0 Å². The molecule has 3 rings (SSSR count). The molecule has 0 bridgehead atoms. The van der Waals surface area contributed by atoms with Gasteiger partial charge >= 0.3 is 0 Å². The van der Waals surface area contributed by atoms with Crippen LogP contribution in [-0.2, 0) is 13.1 Å². The van der Waals surface area contributed by atoms with Crippen LogP contribution in [0.2, 0.25) is 0 Å². The van der Waals surface area contributed by atoms with Crippen molar-refractivity contribution in [1.82, 2.24) is 20.5 Å². The first-order valence-corrected chi connectivity index (χ1v) is 10.6. The molecule has 2 N–H and O–H groups in total. The maximum absolute atomic E-state index is 5.73. The number of piperidine rings is 1. The van der Waals surface area contributed by atoms with Crippen LogP contribution in [0.3, 0.4) is 0 Å². The summed E-state index contributed by atoms with van der Waals surface area (Å²) >= 11 is 0. The predicted octanol–water partition coefficient (Wildman–Crippen LogP) is 4.10. The van der Waals surface area contributed by atoms with Crippen LogP contribution in [0.25, 0.3) is 0 Å². The molecular weight excluding hydrogens is 489 g/mol. The van der Waals surface area contributed by atoms with Gasteiger partial charge < -0.3 is 15.1 Å². The minimum absolute atomic E-state index is 0. The number of aliphatic imine (C=N–C) groups is 1. The topological polar surface area (TPSA) is 65.7 Å². The van der Waals surface area contributed by atoms with Crippen molar-refractivity contribution >= 4 is 29.9 Å². The second-order valence-corrected chi connectivity index (χ2v) is 8.21. The van der Waals surface area contributed by atoms with Crippen molar-refractivity contribution in [2.24, 2.45) is 10.9 Å². The fourth-order valence-electron chi connectivity index (χ4n) is 3.83. The van der Waals surface area contributed by atoms with Crippen LogP contribution in [0, 0.1) is 33.6 Å². The van der Waals surface area contributed by atoms with Crippen LogP contribution in [0.5, 0.6) is 0 Å². The minimum Gasteiger partial charge on any atom is -0.444 e. The monoisotopic (exact) mass is 525 g/mol. The fraction of sp³-hybridized carbons (Fsp3) is 0.565. The highest BCUT2D eigenvalue weighted by atomic mass is 127. The average Bonchev–Trinajstić information content (AvgIpc) is 3.01. The van der Waals surface area contributed by atoms with E-state index in [-0.39, 0.29) is 24.0 Å². The number of guanidine groups is 1. The molecule has 0 spiro atoms. The van der Waals surface area contributed by atoms with E-state index in [9.17, 15) is 0 Å². The highest BCUT2D eigenvalue weighted by Gasteiger charge is 2.21. The van der Waals surface area contributed by atoms with Gasteiger partial charge in [0.05, 0.1) is 12.2 Å². The number of aryl methyl sites for hydroxylation is 4. The van der Waals surface area contributed by atoms with Crippen LogP contribution < -0.4 is 10.6 Å². The second kappa shape index (κ2) is 11.7. The Bertz CT molecular complexity index is 821. The zero-order chi connectivity index (χ0) is 20.8. The summed E-state index contributed by atoms with van der Waals surface area (Å²) in [5.74, 6) is 3.31. The molecule has 1 aliphatic heterocycles. The number of hydrogen-bond donors (Lipinski definition) is 2. The molecule has 1 fully saturated rings. The largest absolute Gasteiger partial charge is 0.444 e. The Labute approximate surface area is 198 Å². The van der Waals surface area contributed by atoms with E-state index in [1.807, 2.05) is 20.9 Å². The average molecular weight is 525 g/mol. The third kappa shape index (κ3) is 6.97. The molecule has 0 saturated carbocycles. The van der Waals surface area contributed by atoms with E-state index in [2.05, 4.69) is 57.6 Å². The Morgan fingerprint density at radius 3 is 2.50 bits per heavy atom. The van der Waals surface area contributed by atoms with Crippen molar-refractivity contribution in [2.75, 3.05) is 26.7 Å². The molecule has 6 nitrogen and oxygen atoms in total. The van der Waals surface area contributed by atoms with E-state index in [0.717, 1.165) is 56.0 Å². The Morgan fingerprint density at radius 1 is 1.17 bits per heavy atom. The lowest BCUT2D eigenvalue weighted by atomic mass is 9.97. The smallest absolute Gasteiger partial charge is 0.208 e. The van der Waals surface area contributed by atoms with Gasteiger partial charge in [0.15, 0.2) is 5.96 Å².